The van der Waals surface area contributed by atoms with Crippen molar-refractivity contribution in [3.05, 3.63) is 29.8 Å². The van der Waals surface area contributed by atoms with E-state index in [9.17, 15) is 9.18 Å². The third-order valence-electron chi connectivity index (χ3n) is 1.06. The summed E-state index contributed by atoms with van der Waals surface area (Å²) < 4.78 is 32.8. The van der Waals surface area contributed by atoms with Crippen molar-refractivity contribution in [1.82, 2.24) is 10.3 Å². The Morgan fingerprint density at radius 1 is 1.82 bits per heavy atom. The molecule has 0 aromatic carbocycles. The monoisotopic (exact) mass is 157 g/mol. The Balaban J connectivity index is 2.80. The summed E-state index contributed by atoms with van der Waals surface area (Å²) in [7, 11) is 0. The zero-order valence-electron chi connectivity index (χ0n) is 8.47. The predicted octanol–water partition coefficient (Wildman–Crippen LogP) is 0.580. The lowest BCUT2D eigenvalue weighted by molar-refractivity contribution is 0.0957. The number of nitrogens with one attached hydrogen (secondary N) is 1. The molecule has 1 rings (SSSR count). The third-order valence-corrected chi connectivity index (χ3v) is 1.06. The molecule has 4 heteroatoms. The predicted molar refractivity (Wildman–Crippen MR) is 37.6 cm³/mol. The number of amides is 1. The Morgan fingerprint density at radius 2 is 2.64 bits per heavy atom. The van der Waals surface area contributed by atoms with Gasteiger partial charge in [-0.2, -0.15) is 4.39 Å². The van der Waals surface area contributed by atoms with Gasteiger partial charge < -0.3 is 5.32 Å². The molecule has 0 spiro atoms. The number of carbonyl (C=O) groups is 1. The van der Waals surface area contributed by atoms with Crippen LogP contribution in [0.25, 0.3) is 0 Å². The molecule has 1 aromatic heterocycles. The van der Waals surface area contributed by atoms with Crippen LogP contribution in [0.3, 0.4) is 0 Å². The minimum Gasteiger partial charge on any atom is -0.354 e. The zero-order valence-corrected chi connectivity index (χ0v) is 5.47. The van der Waals surface area contributed by atoms with E-state index in [2.05, 4.69) is 4.98 Å². The molecular formula is C7H7FN2O. The van der Waals surface area contributed by atoms with Crippen molar-refractivity contribution in [2.24, 2.45) is 0 Å². The molecule has 0 aliphatic rings. The first-order valence-electron chi connectivity index (χ1n) is 4.33. The summed E-state index contributed by atoms with van der Waals surface area (Å²) in [5.41, 5.74) is -0.263. The van der Waals surface area contributed by atoms with Crippen molar-refractivity contribution in [2.75, 3.05) is 6.98 Å². The minimum absolute atomic E-state index is 0.263. The lowest BCUT2D eigenvalue weighted by Gasteiger charge is -1.96. The molecule has 11 heavy (non-hydrogen) atoms. The molecule has 1 heterocycles. The molecule has 0 saturated carbocycles. The van der Waals surface area contributed by atoms with Crippen LogP contribution in [0.5, 0.6) is 0 Å². The molecule has 1 N–H and O–H groups in total. The Kier molecular flexibility index (Phi) is 1.25. The molecule has 0 atom stereocenters. The molecule has 0 aliphatic heterocycles. The zero-order chi connectivity index (χ0) is 10.8. The number of rotatable bonds is 1. The molecule has 1 amide bonds. The highest BCUT2D eigenvalue weighted by Gasteiger charge is 2.03. The smallest absolute Gasteiger partial charge is 0.269 e. The van der Waals surface area contributed by atoms with Gasteiger partial charge in [-0.05, 0) is 12.1 Å². The van der Waals surface area contributed by atoms with Crippen molar-refractivity contribution < 1.29 is 13.3 Å². The van der Waals surface area contributed by atoms with Crippen LogP contribution in [0.2, 0.25) is 0 Å². The number of carbonyl (C=O) groups excluding carboxylic acids is 1. The SMILES string of the molecule is [2H]C([2H])([2H])NC(=O)c1cccc(F)n1. The van der Waals surface area contributed by atoms with Crippen molar-refractivity contribution in [3.63, 3.8) is 0 Å². The number of halogens is 1. The summed E-state index contributed by atoms with van der Waals surface area (Å²) in [4.78, 5) is 14.3. The average Bonchev–Trinajstić information content (AvgIpc) is 2.01. The van der Waals surface area contributed by atoms with Gasteiger partial charge >= 0.3 is 0 Å². The lowest BCUT2D eigenvalue weighted by Crippen LogP contribution is -2.19. The van der Waals surface area contributed by atoms with E-state index in [0.29, 0.717) is 0 Å². The number of hydrogen-bond donors (Lipinski definition) is 1. The molecule has 0 radical (unpaired) electrons. The molecule has 0 unspecified atom stereocenters. The first kappa shape index (κ1) is 4.43. The van der Waals surface area contributed by atoms with Crippen molar-refractivity contribution in [1.29, 1.82) is 0 Å². The first-order chi connectivity index (χ1) is 6.38. The highest BCUT2D eigenvalue weighted by molar-refractivity contribution is 5.91. The molecule has 0 fully saturated rings. The maximum Gasteiger partial charge on any atom is 0.269 e. The summed E-state index contributed by atoms with van der Waals surface area (Å²) in [6.45, 7) is -2.59. The molecular weight excluding hydrogens is 147 g/mol. The van der Waals surface area contributed by atoms with Gasteiger partial charge in [0, 0.05) is 11.1 Å². The normalized spacial score (nSPS) is 14.5. The molecule has 0 aliphatic carbocycles. The van der Waals surface area contributed by atoms with E-state index in [1.165, 1.54) is 12.1 Å². The number of nitrogens with zero attached hydrogens (tertiary/aromatic N) is 1. The van der Waals surface area contributed by atoms with Crippen molar-refractivity contribution >= 4 is 5.91 Å². The average molecular weight is 157 g/mol. The Bertz CT molecular complexity index is 353. The number of pyridine rings is 1. The van der Waals surface area contributed by atoms with Gasteiger partial charge in [0.05, 0.1) is 0 Å². The van der Waals surface area contributed by atoms with Gasteiger partial charge in [0.15, 0.2) is 0 Å². The third kappa shape index (κ3) is 1.73. The van der Waals surface area contributed by atoms with Crippen LogP contribution in [0.1, 0.15) is 14.6 Å². The molecule has 3 nitrogen and oxygen atoms in total. The van der Waals surface area contributed by atoms with Gasteiger partial charge in [0.25, 0.3) is 5.91 Å². The lowest BCUT2D eigenvalue weighted by atomic mass is 10.3. The van der Waals surface area contributed by atoms with E-state index >= 15 is 0 Å². The highest BCUT2D eigenvalue weighted by atomic mass is 19.1. The number of aromatic nitrogens is 1. The van der Waals surface area contributed by atoms with E-state index < -0.39 is 18.8 Å². The van der Waals surface area contributed by atoms with E-state index in [0.717, 1.165) is 6.07 Å². The van der Waals surface area contributed by atoms with Gasteiger partial charge in [-0.25, -0.2) is 4.98 Å². The van der Waals surface area contributed by atoms with Gasteiger partial charge in [0.2, 0.25) is 5.95 Å². The van der Waals surface area contributed by atoms with E-state index in [-0.39, 0.29) is 5.69 Å². The standard InChI is InChI=1S/C7H7FN2O/c1-9-7(11)5-3-2-4-6(8)10-5/h2-4H,1H3,(H,9,11)/i1D3. The largest absolute Gasteiger partial charge is 0.354 e. The fourth-order valence-corrected chi connectivity index (χ4v) is 0.599. The van der Waals surface area contributed by atoms with Crippen LogP contribution < -0.4 is 5.32 Å². The van der Waals surface area contributed by atoms with Crippen LogP contribution in [-0.2, 0) is 0 Å². The first-order valence-corrected chi connectivity index (χ1v) is 2.83. The molecule has 0 bridgehead atoms. The molecule has 1 aromatic rings. The van der Waals surface area contributed by atoms with Crippen molar-refractivity contribution in [3.8, 4) is 0 Å². The fourth-order valence-electron chi connectivity index (χ4n) is 0.599. The van der Waals surface area contributed by atoms with Gasteiger partial charge in [-0.15, -0.1) is 0 Å². The maximum atomic E-state index is 12.5. The number of hydrogen-bond acceptors (Lipinski definition) is 2. The van der Waals surface area contributed by atoms with Crippen LogP contribution in [0.4, 0.5) is 4.39 Å². The minimum atomic E-state index is -2.59. The Labute approximate surface area is 67.5 Å². The summed E-state index contributed by atoms with van der Waals surface area (Å²) in [6, 6.07) is 3.56. The summed E-state index contributed by atoms with van der Waals surface area (Å²) in [5, 5.41) is 1.69. The summed E-state index contributed by atoms with van der Waals surface area (Å²) >= 11 is 0. The second-order valence-corrected chi connectivity index (χ2v) is 1.80. The second kappa shape index (κ2) is 3.09. The van der Waals surface area contributed by atoms with E-state index in [1.54, 1.807) is 5.32 Å². The van der Waals surface area contributed by atoms with Crippen molar-refractivity contribution in [2.45, 2.75) is 0 Å². The fraction of sp³-hybridized carbons (Fsp3) is 0.143. The second-order valence-electron chi connectivity index (χ2n) is 1.80. The maximum absolute atomic E-state index is 12.5. The van der Waals surface area contributed by atoms with Crippen LogP contribution in [0.15, 0.2) is 18.2 Å². The van der Waals surface area contributed by atoms with E-state index in [1.807, 2.05) is 0 Å². The van der Waals surface area contributed by atoms with Crippen LogP contribution in [-0.4, -0.2) is 17.9 Å². The summed E-state index contributed by atoms with van der Waals surface area (Å²) in [5.74, 6) is -1.76. The molecule has 58 valence electrons. The topological polar surface area (TPSA) is 42.0 Å². The van der Waals surface area contributed by atoms with Gasteiger partial charge in [-0.1, -0.05) is 6.07 Å². The Hall–Kier alpha value is -1.45. The highest BCUT2D eigenvalue weighted by Crippen LogP contribution is 1.96. The van der Waals surface area contributed by atoms with Crippen LogP contribution in [0, 0.1) is 5.95 Å². The van der Waals surface area contributed by atoms with Gasteiger partial charge in [-0.3, -0.25) is 4.79 Å². The Morgan fingerprint density at radius 3 is 3.27 bits per heavy atom. The summed E-state index contributed by atoms with van der Waals surface area (Å²) in [6.07, 6.45) is 0. The van der Waals surface area contributed by atoms with Gasteiger partial charge in [0.1, 0.15) is 5.69 Å². The van der Waals surface area contributed by atoms with Crippen LogP contribution >= 0.6 is 0 Å². The molecule has 0 saturated heterocycles. The quantitative estimate of drug-likeness (QED) is 0.606. The van der Waals surface area contributed by atoms with E-state index in [4.69, 9.17) is 4.11 Å².